The first-order valence-corrected chi connectivity index (χ1v) is 7.99. The summed E-state index contributed by atoms with van der Waals surface area (Å²) in [6.45, 7) is 1.01. The second kappa shape index (κ2) is 5.80. The first kappa shape index (κ1) is 13.4. The number of halogens is 1. The Labute approximate surface area is 126 Å². The maximum absolute atomic E-state index is 11.0. The minimum absolute atomic E-state index is 0.737. The number of hydrogen-bond acceptors (Lipinski definition) is 1. The maximum atomic E-state index is 11.0. The molecule has 0 spiro atoms. The van der Waals surface area contributed by atoms with Crippen LogP contribution in [0.25, 0.3) is 21.8 Å². The Kier molecular flexibility index (Phi) is 3.88. The van der Waals surface area contributed by atoms with Gasteiger partial charge >= 0.3 is 0 Å². The molecule has 3 aromatic rings. The molecule has 0 atom stereocenters. The smallest absolute Gasteiger partial charge is 0.150 e. The minimum Gasteiger partial charge on any atom is -0.340 e. The van der Waals surface area contributed by atoms with Gasteiger partial charge in [0, 0.05) is 39.2 Å². The van der Waals surface area contributed by atoms with Gasteiger partial charge in [-0.05, 0) is 37.1 Å². The number of hydrogen-bond donors (Lipinski definition) is 0. The van der Waals surface area contributed by atoms with E-state index in [1.807, 2.05) is 12.1 Å². The van der Waals surface area contributed by atoms with Crippen molar-refractivity contribution in [1.29, 1.82) is 0 Å². The summed E-state index contributed by atoms with van der Waals surface area (Å²) < 4.78 is 2.36. The molecular weight excluding hydrogens is 314 g/mol. The highest BCUT2D eigenvalue weighted by atomic mass is 79.9. The molecule has 1 heterocycles. The van der Waals surface area contributed by atoms with Crippen LogP contribution in [0, 0.1) is 0 Å². The van der Waals surface area contributed by atoms with Crippen molar-refractivity contribution in [2.24, 2.45) is 0 Å². The van der Waals surface area contributed by atoms with Crippen molar-refractivity contribution in [2.75, 3.05) is 5.33 Å². The summed E-state index contributed by atoms with van der Waals surface area (Å²) in [6, 6.07) is 14.4. The lowest BCUT2D eigenvalue weighted by molar-refractivity contribution is 0.112. The number of unbranched alkanes of at least 4 members (excludes halogenated alkanes) is 1. The average Bonchev–Trinajstić information content (AvgIpc) is 2.81. The highest BCUT2D eigenvalue weighted by molar-refractivity contribution is 9.09. The first-order chi connectivity index (χ1) is 9.85. The molecule has 0 bridgehead atoms. The molecule has 1 aromatic heterocycles. The third kappa shape index (κ3) is 2.27. The molecule has 0 aliphatic carbocycles. The fourth-order valence-corrected chi connectivity index (χ4v) is 3.15. The number of aldehydes is 1. The van der Waals surface area contributed by atoms with Crippen LogP contribution in [-0.2, 0) is 6.54 Å². The molecule has 0 aliphatic rings. The Hall–Kier alpha value is -1.61. The largest absolute Gasteiger partial charge is 0.340 e. The maximum Gasteiger partial charge on any atom is 0.150 e. The zero-order valence-electron chi connectivity index (χ0n) is 11.2. The fourth-order valence-electron chi connectivity index (χ4n) is 2.75. The molecule has 0 N–H and O–H groups in total. The molecule has 102 valence electrons. The highest BCUT2D eigenvalue weighted by Gasteiger charge is 2.10. The Morgan fingerprint density at radius 1 is 1.00 bits per heavy atom. The van der Waals surface area contributed by atoms with Gasteiger partial charge in [-0.15, -0.1) is 0 Å². The van der Waals surface area contributed by atoms with Gasteiger partial charge in [0.05, 0.1) is 0 Å². The van der Waals surface area contributed by atoms with E-state index in [0.717, 1.165) is 30.1 Å². The van der Waals surface area contributed by atoms with Gasteiger partial charge in [0.25, 0.3) is 0 Å². The predicted molar refractivity (Wildman–Crippen MR) is 87.9 cm³/mol. The molecule has 3 heteroatoms. The highest BCUT2D eigenvalue weighted by Crippen LogP contribution is 2.29. The topological polar surface area (TPSA) is 22.0 Å². The fraction of sp³-hybridized carbons (Fsp3) is 0.235. The number of para-hydroxylation sites is 1. The van der Waals surface area contributed by atoms with Gasteiger partial charge in [-0.2, -0.15) is 0 Å². The Morgan fingerprint density at radius 2 is 1.80 bits per heavy atom. The van der Waals surface area contributed by atoms with Gasteiger partial charge in [0.1, 0.15) is 6.29 Å². The second-order valence-electron chi connectivity index (χ2n) is 4.96. The lowest BCUT2D eigenvalue weighted by atomic mass is 10.1. The van der Waals surface area contributed by atoms with E-state index < -0.39 is 0 Å². The summed E-state index contributed by atoms with van der Waals surface area (Å²) >= 11 is 3.48. The van der Waals surface area contributed by atoms with Crippen molar-refractivity contribution in [3.05, 3.63) is 48.0 Å². The van der Waals surface area contributed by atoms with Crippen molar-refractivity contribution in [3.63, 3.8) is 0 Å². The van der Waals surface area contributed by atoms with Gasteiger partial charge in [-0.1, -0.05) is 34.1 Å². The number of aromatic nitrogens is 1. The summed E-state index contributed by atoms with van der Waals surface area (Å²) in [4.78, 5) is 11.0. The van der Waals surface area contributed by atoms with Crippen LogP contribution in [0.15, 0.2) is 42.5 Å². The molecule has 0 radical (unpaired) electrons. The Morgan fingerprint density at radius 3 is 2.60 bits per heavy atom. The van der Waals surface area contributed by atoms with E-state index in [1.54, 1.807) is 0 Å². The lowest BCUT2D eigenvalue weighted by Gasteiger charge is -2.06. The number of rotatable bonds is 5. The van der Waals surface area contributed by atoms with Gasteiger partial charge in [0.2, 0.25) is 0 Å². The van der Waals surface area contributed by atoms with Crippen molar-refractivity contribution in [3.8, 4) is 0 Å². The van der Waals surface area contributed by atoms with Crippen LogP contribution in [0.2, 0.25) is 0 Å². The number of carbonyl (C=O) groups is 1. The zero-order valence-corrected chi connectivity index (χ0v) is 12.8. The van der Waals surface area contributed by atoms with Crippen LogP contribution in [0.4, 0.5) is 0 Å². The molecule has 0 amide bonds. The van der Waals surface area contributed by atoms with Crippen molar-refractivity contribution < 1.29 is 4.79 Å². The van der Waals surface area contributed by atoms with Crippen molar-refractivity contribution >= 4 is 44.0 Å². The average molecular weight is 330 g/mol. The number of aryl methyl sites for hydroxylation is 1. The van der Waals surface area contributed by atoms with Crippen molar-refractivity contribution in [2.45, 2.75) is 19.4 Å². The number of carbonyl (C=O) groups excluding carboxylic acids is 1. The summed E-state index contributed by atoms with van der Waals surface area (Å²) in [7, 11) is 0. The molecule has 0 saturated carbocycles. The first-order valence-electron chi connectivity index (χ1n) is 6.87. The number of nitrogens with zero attached hydrogens (tertiary/aromatic N) is 1. The van der Waals surface area contributed by atoms with Gasteiger partial charge < -0.3 is 4.57 Å². The number of alkyl halides is 1. The SMILES string of the molecule is O=Cc1ccc2c(c1)c1ccccc1n2CCCCBr. The number of benzene rings is 2. The molecule has 0 saturated heterocycles. The summed E-state index contributed by atoms with van der Waals surface area (Å²) in [5.41, 5.74) is 3.20. The van der Waals surface area contributed by atoms with Gasteiger partial charge in [-0.3, -0.25) is 4.79 Å². The zero-order chi connectivity index (χ0) is 13.9. The van der Waals surface area contributed by atoms with E-state index in [0.29, 0.717) is 0 Å². The standard InChI is InChI=1S/C17H16BrNO/c18-9-3-4-10-19-16-6-2-1-5-14(16)15-11-13(12-20)7-8-17(15)19/h1-2,5-8,11-12H,3-4,9-10H2. The molecule has 0 fully saturated rings. The van der Waals surface area contributed by atoms with Gasteiger partial charge in [0.15, 0.2) is 0 Å². The van der Waals surface area contributed by atoms with Crippen LogP contribution in [0.3, 0.4) is 0 Å². The van der Waals surface area contributed by atoms with Gasteiger partial charge in [-0.25, -0.2) is 0 Å². The predicted octanol–water partition coefficient (Wildman–Crippen LogP) is 4.78. The van der Waals surface area contributed by atoms with Crippen LogP contribution in [0.1, 0.15) is 23.2 Å². The molecule has 0 aliphatic heterocycles. The quantitative estimate of drug-likeness (QED) is 0.375. The summed E-state index contributed by atoms with van der Waals surface area (Å²) in [5.74, 6) is 0. The second-order valence-corrected chi connectivity index (χ2v) is 5.75. The normalized spacial score (nSPS) is 11.2. The van der Waals surface area contributed by atoms with E-state index >= 15 is 0 Å². The van der Waals surface area contributed by atoms with Crippen LogP contribution in [-0.4, -0.2) is 16.2 Å². The van der Waals surface area contributed by atoms with Crippen LogP contribution in [0.5, 0.6) is 0 Å². The molecule has 2 aromatic carbocycles. The number of fused-ring (bicyclic) bond motifs is 3. The molecule has 3 rings (SSSR count). The van der Waals surface area contributed by atoms with E-state index in [-0.39, 0.29) is 0 Å². The van der Waals surface area contributed by atoms with E-state index in [9.17, 15) is 4.79 Å². The molecule has 0 unspecified atom stereocenters. The monoisotopic (exact) mass is 329 g/mol. The van der Waals surface area contributed by atoms with Crippen LogP contribution >= 0.6 is 15.9 Å². The molecule has 20 heavy (non-hydrogen) atoms. The molecule has 2 nitrogen and oxygen atoms in total. The van der Waals surface area contributed by atoms with E-state index in [2.05, 4.69) is 50.8 Å². The summed E-state index contributed by atoms with van der Waals surface area (Å²) in [5, 5.41) is 3.44. The third-order valence-corrected chi connectivity index (χ3v) is 4.26. The third-order valence-electron chi connectivity index (χ3n) is 3.70. The molecular formula is C17H16BrNO. The summed E-state index contributed by atoms with van der Waals surface area (Å²) in [6.07, 6.45) is 3.23. The van der Waals surface area contributed by atoms with E-state index in [4.69, 9.17) is 0 Å². The van der Waals surface area contributed by atoms with Crippen molar-refractivity contribution in [1.82, 2.24) is 4.57 Å². The Balaban J connectivity index is 2.21. The van der Waals surface area contributed by atoms with E-state index in [1.165, 1.54) is 28.2 Å². The Bertz CT molecular complexity index is 760. The van der Waals surface area contributed by atoms with Crippen LogP contribution < -0.4 is 0 Å². The lowest BCUT2D eigenvalue weighted by Crippen LogP contribution is -1.97. The minimum atomic E-state index is 0.737.